The van der Waals surface area contributed by atoms with Crippen LogP contribution in [0, 0.1) is 0 Å². The Bertz CT molecular complexity index is 399. The van der Waals surface area contributed by atoms with Gasteiger partial charge in [0.25, 0.3) is 0 Å². The molecule has 3 heteroatoms. The van der Waals surface area contributed by atoms with E-state index in [-0.39, 0.29) is 5.91 Å². The number of methoxy groups -OCH3 is 1. The molecule has 0 spiro atoms. The summed E-state index contributed by atoms with van der Waals surface area (Å²) in [5, 5.41) is 2.90. The van der Waals surface area contributed by atoms with Gasteiger partial charge < -0.3 is 10.1 Å². The number of hydrogen-bond acceptors (Lipinski definition) is 2. The Morgan fingerprint density at radius 1 is 1.39 bits per heavy atom. The van der Waals surface area contributed by atoms with Gasteiger partial charge in [-0.15, -0.1) is 0 Å². The standard InChI is InChI=1S/C15H23NO2/c1-5-6-15(17)16-10-13-8-7-12(11(2)3)9-14(13)18-4/h7-9,11H,5-6,10H2,1-4H3,(H,16,17). The van der Waals surface area contributed by atoms with Crippen molar-refractivity contribution in [1.29, 1.82) is 0 Å². The molecule has 0 aliphatic rings. The summed E-state index contributed by atoms with van der Waals surface area (Å²) >= 11 is 0. The molecule has 0 aliphatic heterocycles. The van der Waals surface area contributed by atoms with Gasteiger partial charge in [0.15, 0.2) is 0 Å². The summed E-state index contributed by atoms with van der Waals surface area (Å²) in [4.78, 5) is 11.4. The zero-order chi connectivity index (χ0) is 13.5. The van der Waals surface area contributed by atoms with Crippen LogP contribution in [0.2, 0.25) is 0 Å². The van der Waals surface area contributed by atoms with Crippen LogP contribution in [0.4, 0.5) is 0 Å². The lowest BCUT2D eigenvalue weighted by Crippen LogP contribution is -2.22. The van der Waals surface area contributed by atoms with Gasteiger partial charge in [0.1, 0.15) is 5.75 Å². The summed E-state index contributed by atoms with van der Waals surface area (Å²) in [5.41, 5.74) is 2.27. The number of hydrogen-bond donors (Lipinski definition) is 1. The molecule has 0 bridgehead atoms. The summed E-state index contributed by atoms with van der Waals surface area (Å²) in [6.07, 6.45) is 1.45. The lowest BCUT2D eigenvalue weighted by atomic mass is 10.0. The lowest BCUT2D eigenvalue weighted by Gasteiger charge is -2.13. The molecule has 0 saturated carbocycles. The summed E-state index contributed by atoms with van der Waals surface area (Å²) in [6.45, 7) is 6.83. The van der Waals surface area contributed by atoms with E-state index < -0.39 is 0 Å². The molecule has 0 heterocycles. The van der Waals surface area contributed by atoms with Crippen LogP contribution >= 0.6 is 0 Å². The van der Waals surface area contributed by atoms with Crippen molar-refractivity contribution in [2.24, 2.45) is 0 Å². The average Bonchev–Trinajstić information content (AvgIpc) is 2.36. The first kappa shape index (κ1) is 14.6. The van der Waals surface area contributed by atoms with Crippen LogP contribution in [0.1, 0.15) is 50.7 Å². The fourth-order valence-electron chi connectivity index (χ4n) is 1.78. The van der Waals surface area contributed by atoms with E-state index in [1.54, 1.807) is 7.11 Å². The number of carbonyl (C=O) groups is 1. The van der Waals surface area contributed by atoms with Gasteiger partial charge in [-0.05, 0) is 24.0 Å². The number of carbonyl (C=O) groups excluding carboxylic acids is 1. The number of nitrogens with one attached hydrogen (secondary N) is 1. The van der Waals surface area contributed by atoms with Crippen molar-refractivity contribution in [3.63, 3.8) is 0 Å². The van der Waals surface area contributed by atoms with Crippen molar-refractivity contribution in [3.8, 4) is 5.75 Å². The van der Waals surface area contributed by atoms with E-state index in [1.165, 1.54) is 5.56 Å². The second-order valence-corrected chi connectivity index (χ2v) is 4.75. The maximum Gasteiger partial charge on any atom is 0.220 e. The topological polar surface area (TPSA) is 38.3 Å². The molecule has 0 aromatic heterocycles. The number of amides is 1. The SMILES string of the molecule is CCCC(=O)NCc1ccc(C(C)C)cc1OC. The van der Waals surface area contributed by atoms with Gasteiger partial charge in [0.05, 0.1) is 7.11 Å². The first-order chi connectivity index (χ1) is 8.58. The van der Waals surface area contributed by atoms with Crippen molar-refractivity contribution in [1.82, 2.24) is 5.32 Å². The van der Waals surface area contributed by atoms with Gasteiger partial charge in [0.2, 0.25) is 5.91 Å². The molecule has 0 radical (unpaired) electrons. The summed E-state index contributed by atoms with van der Waals surface area (Å²) in [6, 6.07) is 6.17. The van der Waals surface area contributed by atoms with Gasteiger partial charge in [-0.1, -0.05) is 32.9 Å². The van der Waals surface area contributed by atoms with Crippen LogP contribution in [0.25, 0.3) is 0 Å². The first-order valence-electron chi connectivity index (χ1n) is 6.52. The van der Waals surface area contributed by atoms with Crippen LogP contribution in [-0.4, -0.2) is 13.0 Å². The quantitative estimate of drug-likeness (QED) is 0.840. The van der Waals surface area contributed by atoms with E-state index >= 15 is 0 Å². The Kier molecular flexibility index (Phi) is 5.69. The van der Waals surface area contributed by atoms with Gasteiger partial charge in [0, 0.05) is 18.5 Å². The summed E-state index contributed by atoms with van der Waals surface area (Å²) < 4.78 is 5.38. The van der Waals surface area contributed by atoms with Gasteiger partial charge in [-0.2, -0.15) is 0 Å². The molecule has 1 N–H and O–H groups in total. The molecule has 18 heavy (non-hydrogen) atoms. The monoisotopic (exact) mass is 249 g/mol. The Labute approximate surface area is 110 Å². The molecule has 1 aromatic rings. The molecule has 0 aliphatic carbocycles. The minimum absolute atomic E-state index is 0.0903. The van der Waals surface area contributed by atoms with Crippen LogP contribution in [0.3, 0.4) is 0 Å². The molecule has 1 amide bonds. The highest BCUT2D eigenvalue weighted by atomic mass is 16.5. The number of ether oxygens (including phenoxy) is 1. The molecule has 0 fully saturated rings. The maximum atomic E-state index is 11.4. The summed E-state index contributed by atoms with van der Waals surface area (Å²) in [7, 11) is 1.66. The highest BCUT2D eigenvalue weighted by Gasteiger charge is 2.08. The normalized spacial score (nSPS) is 10.5. The molecule has 0 saturated heterocycles. The minimum Gasteiger partial charge on any atom is -0.496 e. The second kappa shape index (κ2) is 7.04. The molecule has 1 aromatic carbocycles. The van der Waals surface area contributed by atoms with Crippen LogP contribution in [0.15, 0.2) is 18.2 Å². The third-order valence-corrected chi connectivity index (χ3v) is 2.93. The third-order valence-electron chi connectivity index (χ3n) is 2.93. The summed E-state index contributed by atoms with van der Waals surface area (Å²) in [5.74, 6) is 1.41. The van der Waals surface area contributed by atoms with Crippen LogP contribution in [-0.2, 0) is 11.3 Å². The predicted octanol–water partition coefficient (Wildman–Crippen LogP) is 3.23. The van der Waals surface area contributed by atoms with E-state index in [0.29, 0.717) is 18.9 Å². The fraction of sp³-hybridized carbons (Fsp3) is 0.533. The van der Waals surface area contributed by atoms with Crippen molar-refractivity contribution in [3.05, 3.63) is 29.3 Å². The van der Waals surface area contributed by atoms with Crippen LogP contribution in [0.5, 0.6) is 5.75 Å². The van der Waals surface area contributed by atoms with E-state index in [0.717, 1.165) is 17.7 Å². The average molecular weight is 249 g/mol. The minimum atomic E-state index is 0.0903. The van der Waals surface area contributed by atoms with Crippen molar-refractivity contribution < 1.29 is 9.53 Å². The van der Waals surface area contributed by atoms with Gasteiger partial charge in [-0.3, -0.25) is 4.79 Å². The highest BCUT2D eigenvalue weighted by Crippen LogP contribution is 2.24. The van der Waals surface area contributed by atoms with E-state index in [9.17, 15) is 4.79 Å². The molecular formula is C15H23NO2. The van der Waals surface area contributed by atoms with E-state index in [4.69, 9.17) is 4.74 Å². The molecule has 1 rings (SSSR count). The van der Waals surface area contributed by atoms with Gasteiger partial charge >= 0.3 is 0 Å². The molecule has 100 valence electrons. The zero-order valence-corrected chi connectivity index (χ0v) is 11.7. The first-order valence-corrected chi connectivity index (χ1v) is 6.52. The third kappa shape index (κ3) is 4.06. The van der Waals surface area contributed by atoms with E-state index in [1.807, 2.05) is 19.1 Å². The lowest BCUT2D eigenvalue weighted by molar-refractivity contribution is -0.121. The smallest absolute Gasteiger partial charge is 0.220 e. The Balaban J connectivity index is 2.73. The highest BCUT2D eigenvalue weighted by molar-refractivity contribution is 5.75. The second-order valence-electron chi connectivity index (χ2n) is 4.75. The number of rotatable bonds is 6. The Morgan fingerprint density at radius 3 is 2.67 bits per heavy atom. The Morgan fingerprint density at radius 2 is 2.11 bits per heavy atom. The molecule has 0 atom stereocenters. The zero-order valence-electron chi connectivity index (χ0n) is 11.7. The molecule has 3 nitrogen and oxygen atoms in total. The maximum absolute atomic E-state index is 11.4. The fourth-order valence-corrected chi connectivity index (χ4v) is 1.78. The Hall–Kier alpha value is -1.51. The largest absolute Gasteiger partial charge is 0.496 e. The van der Waals surface area contributed by atoms with E-state index in [2.05, 4.69) is 25.2 Å². The predicted molar refractivity (Wildman–Crippen MR) is 73.8 cm³/mol. The van der Waals surface area contributed by atoms with Crippen LogP contribution < -0.4 is 10.1 Å². The molecule has 0 unspecified atom stereocenters. The van der Waals surface area contributed by atoms with Crippen molar-refractivity contribution in [2.45, 2.75) is 46.1 Å². The molecular weight excluding hydrogens is 226 g/mol. The van der Waals surface area contributed by atoms with Crippen molar-refractivity contribution >= 4 is 5.91 Å². The number of benzene rings is 1. The van der Waals surface area contributed by atoms with Crippen molar-refractivity contribution in [2.75, 3.05) is 7.11 Å². The van der Waals surface area contributed by atoms with Gasteiger partial charge in [-0.25, -0.2) is 0 Å².